The van der Waals surface area contributed by atoms with Crippen LogP contribution in [0.1, 0.15) is 25.8 Å². The zero-order chi connectivity index (χ0) is 16.7. The quantitative estimate of drug-likeness (QED) is 0.707. The van der Waals surface area contributed by atoms with Gasteiger partial charge in [0.05, 0.1) is 5.69 Å². The summed E-state index contributed by atoms with van der Waals surface area (Å²) in [6, 6.07) is 17.6. The van der Waals surface area contributed by atoms with Crippen LogP contribution in [0.15, 0.2) is 48.5 Å². The predicted molar refractivity (Wildman–Crippen MR) is 97.8 cm³/mol. The SMILES string of the molecule is CCC(C)N1Cc2ccccc2-c2c(nnn2C)-c2ccccc21. The van der Waals surface area contributed by atoms with Gasteiger partial charge in [-0.3, -0.25) is 0 Å². The molecule has 2 heterocycles. The average molecular weight is 318 g/mol. The van der Waals surface area contributed by atoms with Crippen molar-refractivity contribution in [3.8, 4) is 22.5 Å². The predicted octanol–water partition coefficient (Wildman–Crippen LogP) is 4.27. The van der Waals surface area contributed by atoms with Gasteiger partial charge in [-0.15, -0.1) is 5.10 Å². The summed E-state index contributed by atoms with van der Waals surface area (Å²) in [5, 5.41) is 8.82. The fraction of sp³-hybridized carbons (Fsp3) is 0.300. The van der Waals surface area contributed by atoms with Gasteiger partial charge in [0.15, 0.2) is 0 Å². The number of anilines is 1. The van der Waals surface area contributed by atoms with Crippen LogP contribution in [0.4, 0.5) is 5.69 Å². The van der Waals surface area contributed by atoms with Crippen LogP contribution in [0.2, 0.25) is 0 Å². The molecule has 4 rings (SSSR count). The Morgan fingerprint density at radius 2 is 1.75 bits per heavy atom. The molecule has 4 heteroatoms. The summed E-state index contributed by atoms with van der Waals surface area (Å²) in [5.74, 6) is 0. The lowest BCUT2D eigenvalue weighted by atomic mass is 9.94. The minimum Gasteiger partial charge on any atom is -0.364 e. The fourth-order valence-corrected chi connectivity index (χ4v) is 3.54. The number of nitrogens with zero attached hydrogens (tertiary/aromatic N) is 4. The van der Waals surface area contributed by atoms with Crippen LogP contribution in [-0.4, -0.2) is 21.0 Å². The van der Waals surface area contributed by atoms with E-state index in [1.54, 1.807) is 0 Å². The molecule has 0 spiro atoms. The first-order chi connectivity index (χ1) is 11.7. The molecule has 1 aliphatic rings. The summed E-state index contributed by atoms with van der Waals surface area (Å²) in [7, 11) is 1.97. The zero-order valence-electron chi connectivity index (χ0n) is 14.4. The minimum atomic E-state index is 0.456. The first kappa shape index (κ1) is 14.9. The Morgan fingerprint density at radius 1 is 1.04 bits per heavy atom. The van der Waals surface area contributed by atoms with E-state index in [-0.39, 0.29) is 0 Å². The van der Waals surface area contributed by atoms with Crippen LogP contribution in [0.5, 0.6) is 0 Å². The average Bonchev–Trinajstić information content (AvgIpc) is 2.99. The van der Waals surface area contributed by atoms with Crippen molar-refractivity contribution in [3.63, 3.8) is 0 Å². The molecule has 1 unspecified atom stereocenters. The molecular formula is C20H22N4. The van der Waals surface area contributed by atoms with Crippen LogP contribution < -0.4 is 4.90 Å². The van der Waals surface area contributed by atoms with E-state index in [1.165, 1.54) is 16.8 Å². The Hall–Kier alpha value is -2.62. The van der Waals surface area contributed by atoms with E-state index in [1.807, 2.05) is 11.7 Å². The zero-order valence-corrected chi connectivity index (χ0v) is 14.4. The van der Waals surface area contributed by atoms with Crippen LogP contribution in [0.25, 0.3) is 22.5 Å². The Labute approximate surface area is 142 Å². The van der Waals surface area contributed by atoms with Crippen molar-refractivity contribution in [1.29, 1.82) is 0 Å². The molecule has 3 aromatic rings. The maximum atomic E-state index is 4.50. The first-order valence-corrected chi connectivity index (χ1v) is 8.54. The third-order valence-corrected chi connectivity index (χ3v) is 5.03. The summed E-state index contributed by atoms with van der Waals surface area (Å²) < 4.78 is 1.89. The van der Waals surface area contributed by atoms with Crippen LogP contribution in [0, 0.1) is 0 Å². The van der Waals surface area contributed by atoms with Crippen LogP contribution in [0.3, 0.4) is 0 Å². The molecule has 0 saturated heterocycles. The second-order valence-electron chi connectivity index (χ2n) is 6.47. The second-order valence-corrected chi connectivity index (χ2v) is 6.47. The lowest BCUT2D eigenvalue weighted by Gasteiger charge is -2.34. The van der Waals surface area contributed by atoms with Gasteiger partial charge in [0.25, 0.3) is 0 Å². The normalized spacial score (nSPS) is 14.2. The van der Waals surface area contributed by atoms with Gasteiger partial charge in [-0.05, 0) is 25.0 Å². The summed E-state index contributed by atoms with van der Waals surface area (Å²) in [6.07, 6.45) is 1.10. The number of benzene rings is 2. The summed E-state index contributed by atoms with van der Waals surface area (Å²) >= 11 is 0. The molecule has 122 valence electrons. The topological polar surface area (TPSA) is 34.0 Å². The maximum absolute atomic E-state index is 4.50. The van der Waals surface area contributed by atoms with Gasteiger partial charge in [0.1, 0.15) is 5.69 Å². The van der Waals surface area contributed by atoms with Gasteiger partial charge in [-0.25, -0.2) is 4.68 Å². The molecule has 24 heavy (non-hydrogen) atoms. The van der Waals surface area contributed by atoms with Gasteiger partial charge < -0.3 is 4.90 Å². The van der Waals surface area contributed by atoms with E-state index in [0.29, 0.717) is 6.04 Å². The van der Waals surface area contributed by atoms with Gasteiger partial charge in [-0.2, -0.15) is 0 Å². The van der Waals surface area contributed by atoms with Crippen molar-refractivity contribution < 1.29 is 0 Å². The van der Waals surface area contributed by atoms with Gasteiger partial charge in [-0.1, -0.05) is 54.6 Å². The summed E-state index contributed by atoms with van der Waals surface area (Å²) in [6.45, 7) is 5.43. The Balaban J connectivity index is 2.05. The molecule has 0 N–H and O–H groups in total. The standard InChI is InChI=1S/C20H22N4/c1-4-14(2)24-13-15-9-5-6-10-16(15)20-19(21-22-23(20)3)17-11-7-8-12-18(17)24/h5-12,14H,4,13H2,1-3H3. The van der Waals surface area contributed by atoms with Crippen molar-refractivity contribution in [2.45, 2.75) is 32.9 Å². The second kappa shape index (κ2) is 5.78. The molecular weight excluding hydrogens is 296 g/mol. The molecule has 1 aromatic heterocycles. The molecule has 0 fully saturated rings. The van der Waals surface area contributed by atoms with E-state index in [0.717, 1.165) is 29.9 Å². The number of aryl methyl sites for hydroxylation is 1. The number of para-hydroxylation sites is 1. The van der Waals surface area contributed by atoms with E-state index in [4.69, 9.17) is 0 Å². The van der Waals surface area contributed by atoms with Crippen molar-refractivity contribution >= 4 is 5.69 Å². The third kappa shape index (κ3) is 2.21. The number of hydrogen-bond acceptors (Lipinski definition) is 3. The highest BCUT2D eigenvalue weighted by Crippen LogP contribution is 2.41. The summed E-state index contributed by atoms with van der Waals surface area (Å²) in [5.41, 5.74) is 7.01. The van der Waals surface area contributed by atoms with E-state index in [9.17, 15) is 0 Å². The van der Waals surface area contributed by atoms with Crippen LogP contribution in [-0.2, 0) is 13.6 Å². The van der Waals surface area contributed by atoms with E-state index >= 15 is 0 Å². The number of aromatic nitrogens is 3. The smallest absolute Gasteiger partial charge is 0.123 e. The fourth-order valence-electron chi connectivity index (χ4n) is 3.54. The number of hydrogen-bond donors (Lipinski definition) is 0. The van der Waals surface area contributed by atoms with Gasteiger partial charge >= 0.3 is 0 Å². The third-order valence-electron chi connectivity index (χ3n) is 5.03. The molecule has 0 radical (unpaired) electrons. The Morgan fingerprint density at radius 3 is 2.54 bits per heavy atom. The van der Waals surface area contributed by atoms with Crippen molar-refractivity contribution in [2.75, 3.05) is 4.90 Å². The molecule has 2 aromatic carbocycles. The van der Waals surface area contributed by atoms with Crippen LogP contribution >= 0.6 is 0 Å². The lowest BCUT2D eigenvalue weighted by molar-refractivity contribution is 0.615. The maximum Gasteiger partial charge on any atom is 0.123 e. The first-order valence-electron chi connectivity index (χ1n) is 8.54. The largest absolute Gasteiger partial charge is 0.364 e. The van der Waals surface area contributed by atoms with E-state index in [2.05, 4.69) is 77.6 Å². The Bertz CT molecular complexity index is 881. The molecule has 0 aliphatic carbocycles. The molecule has 1 atom stereocenters. The van der Waals surface area contributed by atoms with Crippen molar-refractivity contribution in [1.82, 2.24) is 15.0 Å². The molecule has 1 aliphatic heterocycles. The minimum absolute atomic E-state index is 0.456. The highest BCUT2D eigenvalue weighted by Gasteiger charge is 2.26. The number of fused-ring (bicyclic) bond motifs is 5. The number of rotatable bonds is 2. The molecule has 0 amide bonds. The molecule has 4 nitrogen and oxygen atoms in total. The lowest BCUT2D eigenvalue weighted by Crippen LogP contribution is -2.33. The van der Waals surface area contributed by atoms with Crippen molar-refractivity contribution in [2.24, 2.45) is 7.05 Å². The molecule has 0 bridgehead atoms. The van der Waals surface area contributed by atoms with Gasteiger partial charge in [0, 0.05) is 36.4 Å². The molecule has 0 saturated carbocycles. The Kier molecular flexibility index (Phi) is 3.60. The monoisotopic (exact) mass is 318 g/mol. The summed E-state index contributed by atoms with van der Waals surface area (Å²) in [4.78, 5) is 2.49. The highest BCUT2D eigenvalue weighted by atomic mass is 15.4. The highest BCUT2D eigenvalue weighted by molar-refractivity contribution is 5.88. The van der Waals surface area contributed by atoms with E-state index < -0.39 is 0 Å². The van der Waals surface area contributed by atoms with Gasteiger partial charge in [0.2, 0.25) is 0 Å². The van der Waals surface area contributed by atoms with Crippen molar-refractivity contribution in [3.05, 3.63) is 54.1 Å².